The Kier molecular flexibility index (Phi) is 3.77. The van der Waals surface area contributed by atoms with Gasteiger partial charge < -0.3 is 11.1 Å². The first-order valence-electron chi connectivity index (χ1n) is 8.07. The van der Waals surface area contributed by atoms with Crippen molar-refractivity contribution < 1.29 is 0 Å². The van der Waals surface area contributed by atoms with Gasteiger partial charge in [0.1, 0.15) is 5.82 Å². The van der Waals surface area contributed by atoms with E-state index in [2.05, 4.69) is 39.3 Å². The van der Waals surface area contributed by atoms with Crippen LogP contribution in [-0.2, 0) is 12.8 Å². The molecule has 0 saturated carbocycles. The number of anilines is 3. The molecule has 1 aliphatic rings. The Balaban J connectivity index is 1.91. The van der Waals surface area contributed by atoms with Crippen LogP contribution in [0.2, 0.25) is 10.0 Å². The van der Waals surface area contributed by atoms with E-state index in [0.717, 1.165) is 36.0 Å². The van der Waals surface area contributed by atoms with Crippen molar-refractivity contribution in [1.29, 1.82) is 0 Å². The van der Waals surface area contributed by atoms with Crippen molar-refractivity contribution in [1.82, 2.24) is 20.2 Å². The number of pyridine rings is 2. The van der Waals surface area contributed by atoms with Crippen LogP contribution in [0.15, 0.2) is 12.4 Å². The van der Waals surface area contributed by atoms with Crippen LogP contribution < -0.4 is 11.1 Å². The summed E-state index contributed by atoms with van der Waals surface area (Å²) < 4.78 is 0. The highest BCUT2D eigenvalue weighted by atomic mass is 35.5. The van der Waals surface area contributed by atoms with Crippen molar-refractivity contribution in [3.05, 3.63) is 33.6 Å². The second kappa shape index (κ2) is 5.75. The standard InChI is InChI=1S/C17H18Cl2N6/c1-17(2)4-3-8-9(5-17)12-14(20)24-25-16(12)23-15(8)22-13-10(18)6-21-7-11(13)19/h6-7H,3-5H2,1-2H3,(H4,20,21,22,23,24,25). The third kappa shape index (κ3) is 2.79. The summed E-state index contributed by atoms with van der Waals surface area (Å²) in [5.41, 5.74) is 9.89. The van der Waals surface area contributed by atoms with Crippen LogP contribution in [0.4, 0.5) is 17.3 Å². The van der Waals surface area contributed by atoms with Gasteiger partial charge in [0.25, 0.3) is 0 Å². The molecule has 0 aromatic carbocycles. The lowest BCUT2D eigenvalue weighted by Gasteiger charge is -2.32. The van der Waals surface area contributed by atoms with E-state index >= 15 is 0 Å². The van der Waals surface area contributed by atoms with Gasteiger partial charge in [-0.2, -0.15) is 5.10 Å². The van der Waals surface area contributed by atoms with Crippen LogP contribution in [0.5, 0.6) is 0 Å². The maximum Gasteiger partial charge on any atom is 0.160 e. The summed E-state index contributed by atoms with van der Waals surface area (Å²) in [5, 5.41) is 12.2. The molecule has 0 amide bonds. The molecule has 0 radical (unpaired) electrons. The minimum absolute atomic E-state index is 0.203. The van der Waals surface area contributed by atoms with Gasteiger partial charge in [-0.15, -0.1) is 0 Å². The van der Waals surface area contributed by atoms with Gasteiger partial charge in [-0.25, -0.2) is 4.98 Å². The number of fused-ring (bicyclic) bond motifs is 3. The van der Waals surface area contributed by atoms with E-state index in [1.165, 1.54) is 5.56 Å². The first-order chi connectivity index (χ1) is 11.9. The molecule has 25 heavy (non-hydrogen) atoms. The molecule has 8 heteroatoms. The van der Waals surface area contributed by atoms with E-state index < -0.39 is 0 Å². The number of aromatic amines is 1. The highest BCUT2D eigenvalue weighted by Crippen LogP contribution is 2.42. The Hall–Kier alpha value is -2.05. The maximum absolute atomic E-state index is 6.25. The molecule has 1 aliphatic carbocycles. The lowest BCUT2D eigenvalue weighted by Crippen LogP contribution is -2.23. The summed E-state index contributed by atoms with van der Waals surface area (Å²) in [5.74, 6) is 1.22. The Morgan fingerprint density at radius 1 is 1.20 bits per heavy atom. The molecular weight excluding hydrogens is 359 g/mol. The van der Waals surface area contributed by atoms with Gasteiger partial charge in [-0.1, -0.05) is 37.0 Å². The van der Waals surface area contributed by atoms with Crippen molar-refractivity contribution in [3.8, 4) is 0 Å². The average Bonchev–Trinajstić information content (AvgIpc) is 2.91. The third-order valence-corrected chi connectivity index (χ3v) is 5.33. The summed E-state index contributed by atoms with van der Waals surface area (Å²) >= 11 is 12.5. The van der Waals surface area contributed by atoms with E-state index in [-0.39, 0.29) is 5.41 Å². The number of nitrogens with two attached hydrogens (primary N) is 1. The number of hydrogen-bond donors (Lipinski definition) is 3. The number of nitrogens with one attached hydrogen (secondary N) is 2. The molecule has 130 valence electrons. The molecule has 4 N–H and O–H groups in total. The minimum Gasteiger partial charge on any atom is -0.382 e. The highest BCUT2D eigenvalue weighted by molar-refractivity contribution is 6.39. The maximum atomic E-state index is 6.25. The van der Waals surface area contributed by atoms with Gasteiger partial charge in [0.05, 0.1) is 21.1 Å². The summed E-state index contributed by atoms with van der Waals surface area (Å²) in [6.45, 7) is 4.53. The number of aromatic nitrogens is 4. The molecule has 0 bridgehead atoms. The second-order valence-corrected chi connectivity index (χ2v) is 8.01. The molecule has 0 spiro atoms. The number of nitrogens with zero attached hydrogens (tertiary/aromatic N) is 3. The monoisotopic (exact) mass is 376 g/mol. The molecule has 0 unspecified atom stereocenters. The lowest BCUT2D eigenvalue weighted by atomic mass is 9.74. The third-order valence-electron chi connectivity index (χ3n) is 4.75. The van der Waals surface area contributed by atoms with Crippen LogP contribution in [0.3, 0.4) is 0 Å². The summed E-state index contributed by atoms with van der Waals surface area (Å²) in [6, 6.07) is 0. The van der Waals surface area contributed by atoms with Gasteiger partial charge in [0.2, 0.25) is 0 Å². The quantitative estimate of drug-likeness (QED) is 0.612. The molecule has 0 aliphatic heterocycles. The van der Waals surface area contributed by atoms with Crippen molar-refractivity contribution >= 4 is 51.6 Å². The summed E-state index contributed by atoms with van der Waals surface area (Å²) in [6.07, 6.45) is 5.99. The summed E-state index contributed by atoms with van der Waals surface area (Å²) in [7, 11) is 0. The van der Waals surface area contributed by atoms with Crippen LogP contribution in [0.1, 0.15) is 31.4 Å². The van der Waals surface area contributed by atoms with Crippen LogP contribution in [0.25, 0.3) is 11.0 Å². The SMILES string of the molecule is CC1(C)CCc2c(Nc3c(Cl)cncc3Cl)nc3[nH]nc(N)c3c2C1. The Bertz CT molecular complexity index is 959. The number of halogens is 2. The Morgan fingerprint density at radius 2 is 1.92 bits per heavy atom. The smallest absolute Gasteiger partial charge is 0.160 e. The Labute approximate surface area is 155 Å². The molecule has 0 atom stereocenters. The van der Waals surface area contributed by atoms with Crippen molar-refractivity contribution in [2.24, 2.45) is 5.41 Å². The fourth-order valence-electron chi connectivity index (χ4n) is 3.45. The number of rotatable bonds is 2. The van der Waals surface area contributed by atoms with Crippen molar-refractivity contribution in [3.63, 3.8) is 0 Å². The van der Waals surface area contributed by atoms with Crippen molar-refractivity contribution in [2.75, 3.05) is 11.1 Å². The molecule has 3 heterocycles. The predicted octanol–water partition coefficient (Wildman–Crippen LogP) is 4.50. The fourth-order valence-corrected chi connectivity index (χ4v) is 3.90. The minimum atomic E-state index is 0.203. The van der Waals surface area contributed by atoms with Gasteiger partial charge in [0, 0.05) is 12.4 Å². The van der Waals surface area contributed by atoms with E-state index in [9.17, 15) is 0 Å². The van der Waals surface area contributed by atoms with Gasteiger partial charge in [-0.05, 0) is 35.8 Å². The average molecular weight is 377 g/mol. The number of nitrogen functional groups attached to an aromatic ring is 1. The molecule has 3 aromatic rings. The van der Waals surface area contributed by atoms with Crippen LogP contribution in [0, 0.1) is 5.41 Å². The van der Waals surface area contributed by atoms with E-state index in [4.69, 9.17) is 28.9 Å². The van der Waals surface area contributed by atoms with E-state index in [1.807, 2.05) is 0 Å². The number of H-pyrrole nitrogens is 1. The Morgan fingerprint density at radius 3 is 2.64 bits per heavy atom. The zero-order chi connectivity index (χ0) is 17.8. The molecule has 4 rings (SSSR count). The zero-order valence-electron chi connectivity index (χ0n) is 14.0. The van der Waals surface area contributed by atoms with E-state index in [1.54, 1.807) is 12.4 Å². The molecule has 0 fully saturated rings. The second-order valence-electron chi connectivity index (χ2n) is 7.19. The molecular formula is C17H18Cl2N6. The van der Waals surface area contributed by atoms with Gasteiger partial charge in [-0.3, -0.25) is 10.1 Å². The van der Waals surface area contributed by atoms with Gasteiger partial charge in [0.15, 0.2) is 11.5 Å². The fraction of sp³-hybridized carbons (Fsp3) is 0.353. The van der Waals surface area contributed by atoms with Gasteiger partial charge >= 0.3 is 0 Å². The first kappa shape index (κ1) is 16.4. The summed E-state index contributed by atoms with van der Waals surface area (Å²) in [4.78, 5) is 8.68. The highest BCUT2D eigenvalue weighted by Gasteiger charge is 2.30. The predicted molar refractivity (Wildman–Crippen MR) is 102 cm³/mol. The largest absolute Gasteiger partial charge is 0.382 e. The molecule has 0 saturated heterocycles. The molecule has 3 aromatic heterocycles. The topological polar surface area (TPSA) is 92.5 Å². The zero-order valence-corrected chi connectivity index (χ0v) is 15.5. The van der Waals surface area contributed by atoms with E-state index in [0.29, 0.717) is 27.2 Å². The number of hydrogen-bond acceptors (Lipinski definition) is 5. The van der Waals surface area contributed by atoms with Crippen LogP contribution in [-0.4, -0.2) is 20.2 Å². The van der Waals surface area contributed by atoms with Crippen LogP contribution >= 0.6 is 23.2 Å². The molecule has 6 nitrogen and oxygen atoms in total. The van der Waals surface area contributed by atoms with Crippen molar-refractivity contribution in [2.45, 2.75) is 33.1 Å². The first-order valence-corrected chi connectivity index (χ1v) is 8.82. The normalized spacial score (nSPS) is 16.0. The lowest BCUT2D eigenvalue weighted by molar-refractivity contribution is 0.317.